The fourth-order valence-electron chi connectivity index (χ4n) is 5.79. The molecule has 0 rings (SSSR count). The molecule has 1 unspecified atom stereocenters. The lowest BCUT2D eigenvalue weighted by Gasteiger charge is -2.18. The molecular weight excluding hydrogens is 733 g/mol. The molecule has 0 amide bonds. The Morgan fingerprint density at radius 2 is 0.661 bits per heavy atom. The second kappa shape index (κ2) is 46.5. The molecule has 6 heteroatoms. The third-order valence-corrected chi connectivity index (χ3v) is 9.22. The topological polar surface area (TPSA) is 78.9 Å². The fourth-order valence-corrected chi connectivity index (χ4v) is 5.79. The Kier molecular flexibility index (Phi) is 43.2. The van der Waals surface area contributed by atoms with Crippen LogP contribution in [0.15, 0.2) is 122 Å². The minimum Gasteiger partial charge on any atom is -0.462 e. The lowest BCUT2D eigenvalue weighted by molar-refractivity contribution is -0.167. The zero-order valence-corrected chi connectivity index (χ0v) is 37.5. The largest absolute Gasteiger partial charge is 0.462 e. The molecule has 0 saturated heterocycles. The van der Waals surface area contributed by atoms with Gasteiger partial charge in [0.15, 0.2) is 6.10 Å². The van der Waals surface area contributed by atoms with Crippen molar-refractivity contribution in [3.63, 3.8) is 0 Å². The van der Waals surface area contributed by atoms with E-state index in [2.05, 4.69) is 32.9 Å². The fraction of sp³-hybridized carbons (Fsp3) is 0.566. The predicted octanol–water partition coefficient (Wildman–Crippen LogP) is 15.0. The Morgan fingerprint density at radius 3 is 1.03 bits per heavy atom. The Bertz CT molecular complexity index is 1300. The predicted molar refractivity (Wildman–Crippen MR) is 251 cm³/mol. The van der Waals surface area contributed by atoms with E-state index in [1.807, 2.05) is 109 Å². The van der Waals surface area contributed by atoms with E-state index in [1.165, 1.54) is 77.0 Å². The minimum atomic E-state index is -0.844. The molecule has 0 radical (unpaired) electrons. The molecule has 59 heavy (non-hydrogen) atoms. The summed E-state index contributed by atoms with van der Waals surface area (Å²) in [6.45, 7) is 6.19. The van der Waals surface area contributed by atoms with Crippen LogP contribution in [0.1, 0.15) is 175 Å². The SMILES string of the molecule is CC\C=C/C=C\C=C/C=C\C=C/CCCC(=O)OCC(COC(=O)CCCCCCCCCCCCCCCCC)OC(=O)CCC\C=C/C=C\C=C/C=C\C=C/CC. The van der Waals surface area contributed by atoms with Crippen molar-refractivity contribution in [1.82, 2.24) is 0 Å². The molecule has 0 aliphatic heterocycles. The summed E-state index contributed by atoms with van der Waals surface area (Å²) >= 11 is 0. The molecule has 1 atom stereocenters. The number of hydrogen-bond acceptors (Lipinski definition) is 6. The summed E-state index contributed by atoms with van der Waals surface area (Å²) < 4.78 is 16.6. The number of allylic oxidation sites excluding steroid dienone is 20. The van der Waals surface area contributed by atoms with Crippen LogP contribution in [0.25, 0.3) is 0 Å². The van der Waals surface area contributed by atoms with Crippen LogP contribution in [0.3, 0.4) is 0 Å². The quantitative estimate of drug-likeness (QED) is 0.0266. The second-order valence-corrected chi connectivity index (χ2v) is 14.8. The van der Waals surface area contributed by atoms with Crippen molar-refractivity contribution in [2.45, 2.75) is 181 Å². The standard InChI is InChI=1S/C53H82O6/c1-4-7-10-13-16-19-22-25-26-29-31-34-37-40-43-46-52(55)58-49-50(59-53(56)47-44-41-38-35-32-28-24-21-18-15-12-9-6-3)48-57-51(54)45-42-39-36-33-30-27-23-20-17-14-11-8-5-2/h8-9,11-12,14-15,17-18,20-21,23-24,27-28,30,32-33,35-36,38,50H,4-7,10,13,16,19,22,25-26,29,31,34,37,39-49H2,1-3H3/b11-8-,12-9-,17-14-,18-15-,23-20-,24-21-,30-27-,32-28-,36-33-,38-35-. The summed E-state index contributed by atoms with van der Waals surface area (Å²) in [4.78, 5) is 37.7. The van der Waals surface area contributed by atoms with Crippen molar-refractivity contribution in [3.8, 4) is 0 Å². The van der Waals surface area contributed by atoms with Crippen molar-refractivity contribution in [1.29, 1.82) is 0 Å². The molecule has 0 aromatic rings. The molecule has 0 N–H and O–H groups in total. The molecule has 0 aliphatic carbocycles. The van der Waals surface area contributed by atoms with E-state index in [0.717, 1.165) is 38.5 Å². The summed E-state index contributed by atoms with van der Waals surface area (Å²) in [5.41, 5.74) is 0. The molecule has 0 fully saturated rings. The molecule has 0 saturated carbocycles. The third kappa shape index (κ3) is 44.8. The molecule has 6 nitrogen and oxygen atoms in total. The average molecular weight is 815 g/mol. The van der Waals surface area contributed by atoms with Gasteiger partial charge >= 0.3 is 17.9 Å². The first-order valence-corrected chi connectivity index (χ1v) is 23.2. The zero-order valence-electron chi connectivity index (χ0n) is 37.5. The van der Waals surface area contributed by atoms with Gasteiger partial charge in [-0.3, -0.25) is 14.4 Å². The average Bonchev–Trinajstić information content (AvgIpc) is 3.23. The summed E-state index contributed by atoms with van der Waals surface area (Å²) in [6, 6.07) is 0. The maximum atomic E-state index is 12.7. The highest BCUT2D eigenvalue weighted by Gasteiger charge is 2.19. The maximum absolute atomic E-state index is 12.7. The maximum Gasteiger partial charge on any atom is 0.306 e. The van der Waals surface area contributed by atoms with E-state index < -0.39 is 12.1 Å². The van der Waals surface area contributed by atoms with Crippen LogP contribution in [-0.2, 0) is 28.6 Å². The first kappa shape index (κ1) is 54.8. The number of carbonyl (C=O) groups excluding carboxylic acids is 3. The summed E-state index contributed by atoms with van der Waals surface area (Å²) in [5, 5.41) is 0. The van der Waals surface area contributed by atoms with Crippen molar-refractivity contribution in [3.05, 3.63) is 122 Å². The Labute approximate surface area is 361 Å². The Hall–Kier alpha value is -4.19. The number of carbonyl (C=O) groups is 3. The van der Waals surface area contributed by atoms with Gasteiger partial charge in [0.2, 0.25) is 0 Å². The first-order valence-electron chi connectivity index (χ1n) is 23.2. The Morgan fingerprint density at radius 1 is 0.356 bits per heavy atom. The molecule has 0 spiro atoms. The number of esters is 3. The van der Waals surface area contributed by atoms with Gasteiger partial charge < -0.3 is 14.2 Å². The normalized spacial score (nSPS) is 13.2. The highest BCUT2D eigenvalue weighted by Crippen LogP contribution is 2.14. The van der Waals surface area contributed by atoms with Gasteiger partial charge in [-0.1, -0.05) is 232 Å². The number of unbranched alkanes of at least 4 members (excludes halogenated alkanes) is 16. The summed E-state index contributed by atoms with van der Waals surface area (Å²) in [6.07, 6.45) is 63.4. The zero-order chi connectivity index (χ0) is 43.0. The summed E-state index contributed by atoms with van der Waals surface area (Å²) in [7, 11) is 0. The van der Waals surface area contributed by atoms with Crippen LogP contribution in [0.4, 0.5) is 0 Å². The van der Waals surface area contributed by atoms with Crippen molar-refractivity contribution < 1.29 is 28.6 Å². The Balaban J connectivity index is 4.60. The smallest absolute Gasteiger partial charge is 0.306 e. The molecule has 0 aliphatic rings. The van der Waals surface area contributed by atoms with Gasteiger partial charge in [-0.2, -0.15) is 0 Å². The molecule has 0 heterocycles. The number of hydrogen-bond donors (Lipinski definition) is 0. The number of ether oxygens (including phenoxy) is 3. The lowest BCUT2D eigenvalue weighted by Crippen LogP contribution is -2.30. The van der Waals surface area contributed by atoms with E-state index >= 15 is 0 Å². The van der Waals surface area contributed by atoms with Crippen molar-refractivity contribution in [2.24, 2.45) is 0 Å². The molecule has 0 aromatic carbocycles. The van der Waals surface area contributed by atoms with Crippen LogP contribution in [-0.4, -0.2) is 37.2 Å². The van der Waals surface area contributed by atoms with E-state index in [0.29, 0.717) is 25.7 Å². The number of rotatable bonds is 39. The van der Waals surface area contributed by atoms with Crippen LogP contribution in [0.2, 0.25) is 0 Å². The van der Waals surface area contributed by atoms with Crippen LogP contribution < -0.4 is 0 Å². The minimum absolute atomic E-state index is 0.131. The van der Waals surface area contributed by atoms with Crippen molar-refractivity contribution in [2.75, 3.05) is 13.2 Å². The molecule has 0 aromatic heterocycles. The summed E-state index contributed by atoms with van der Waals surface area (Å²) in [5.74, 6) is -1.09. The van der Waals surface area contributed by atoms with Crippen LogP contribution in [0, 0.1) is 0 Å². The van der Waals surface area contributed by atoms with E-state index in [-0.39, 0.29) is 38.0 Å². The van der Waals surface area contributed by atoms with Gasteiger partial charge in [0.05, 0.1) is 0 Å². The highest BCUT2D eigenvalue weighted by molar-refractivity contribution is 5.71. The van der Waals surface area contributed by atoms with Crippen molar-refractivity contribution >= 4 is 17.9 Å². The van der Waals surface area contributed by atoms with Gasteiger partial charge in [-0.15, -0.1) is 0 Å². The van der Waals surface area contributed by atoms with E-state index in [9.17, 15) is 14.4 Å². The lowest BCUT2D eigenvalue weighted by atomic mass is 10.0. The monoisotopic (exact) mass is 815 g/mol. The third-order valence-electron chi connectivity index (χ3n) is 9.22. The van der Waals surface area contributed by atoms with Gasteiger partial charge in [0.25, 0.3) is 0 Å². The van der Waals surface area contributed by atoms with E-state index in [4.69, 9.17) is 14.2 Å². The van der Waals surface area contributed by atoms with Crippen LogP contribution >= 0.6 is 0 Å². The van der Waals surface area contributed by atoms with E-state index in [1.54, 1.807) is 0 Å². The molecule has 330 valence electrons. The van der Waals surface area contributed by atoms with Gasteiger partial charge in [-0.05, 0) is 44.9 Å². The molecular formula is C53H82O6. The highest BCUT2D eigenvalue weighted by atomic mass is 16.6. The second-order valence-electron chi connectivity index (χ2n) is 14.8. The molecule has 0 bridgehead atoms. The van der Waals surface area contributed by atoms with Gasteiger partial charge in [0.1, 0.15) is 13.2 Å². The van der Waals surface area contributed by atoms with Crippen LogP contribution in [0.5, 0.6) is 0 Å². The van der Waals surface area contributed by atoms with Gasteiger partial charge in [-0.25, -0.2) is 0 Å². The first-order chi connectivity index (χ1) is 29.0. The van der Waals surface area contributed by atoms with Gasteiger partial charge in [0, 0.05) is 19.3 Å².